The molecule has 0 aliphatic carbocycles. The zero-order valence-corrected chi connectivity index (χ0v) is 16.2. The van der Waals surface area contributed by atoms with Gasteiger partial charge < -0.3 is 19.4 Å². The first-order valence-electron chi connectivity index (χ1n) is 9.57. The normalized spacial score (nSPS) is 15.7. The molecule has 0 radical (unpaired) electrons. The molecule has 0 atom stereocenters. The molecule has 3 aromatic heterocycles. The van der Waals surface area contributed by atoms with Crippen LogP contribution in [-0.2, 0) is 4.74 Å². The minimum atomic E-state index is 0.0298. The predicted octanol–water partition coefficient (Wildman–Crippen LogP) is 4.29. The smallest absolute Gasteiger partial charge is 0.224 e. The fourth-order valence-corrected chi connectivity index (χ4v) is 4.23. The standard InChI is InChI=1S/C21H22N4O3/c1-10-8-15-16(9-14(10)17-11(2)25-28-12(17)3)22-20-18(15)21(26)24-19(23-20)13-4-6-27-7-5-13/h8-9,13H,4-7H2,1-3H3,(H2,22,23,24,26). The van der Waals surface area contributed by atoms with Gasteiger partial charge in [0.1, 0.15) is 17.2 Å². The Hall–Kier alpha value is -2.93. The first-order chi connectivity index (χ1) is 13.5. The Labute approximate surface area is 161 Å². The lowest BCUT2D eigenvalue weighted by atomic mass is 9.97. The molecular formula is C21H22N4O3. The number of ether oxygens (including phenoxy) is 1. The molecule has 7 nitrogen and oxygen atoms in total. The van der Waals surface area contributed by atoms with Crippen molar-refractivity contribution in [2.75, 3.05) is 13.2 Å². The van der Waals surface area contributed by atoms with Crippen LogP contribution in [0.5, 0.6) is 5.88 Å². The summed E-state index contributed by atoms with van der Waals surface area (Å²) in [5, 5.41) is 16.3. The van der Waals surface area contributed by atoms with Crippen LogP contribution in [0.25, 0.3) is 33.1 Å². The van der Waals surface area contributed by atoms with E-state index < -0.39 is 0 Å². The van der Waals surface area contributed by atoms with Crippen molar-refractivity contribution >= 4 is 21.9 Å². The number of nitrogens with one attached hydrogen (secondary N) is 1. The molecule has 0 amide bonds. The van der Waals surface area contributed by atoms with Gasteiger partial charge in [-0.1, -0.05) is 5.16 Å². The van der Waals surface area contributed by atoms with Gasteiger partial charge in [-0.2, -0.15) is 4.98 Å². The number of aryl methyl sites for hydroxylation is 3. The van der Waals surface area contributed by atoms with Crippen molar-refractivity contribution in [1.82, 2.24) is 20.1 Å². The first kappa shape index (κ1) is 17.2. The van der Waals surface area contributed by atoms with Crippen LogP contribution in [-0.4, -0.2) is 38.4 Å². The van der Waals surface area contributed by atoms with E-state index in [1.165, 1.54) is 0 Å². The number of H-pyrrole nitrogens is 1. The van der Waals surface area contributed by atoms with Crippen molar-refractivity contribution in [3.63, 3.8) is 0 Å². The van der Waals surface area contributed by atoms with Gasteiger partial charge in [0.2, 0.25) is 5.88 Å². The monoisotopic (exact) mass is 378 g/mol. The third-order valence-corrected chi connectivity index (χ3v) is 5.68. The topological polar surface area (TPSA) is 97.1 Å². The van der Waals surface area contributed by atoms with E-state index in [1.807, 2.05) is 20.8 Å². The lowest BCUT2D eigenvalue weighted by molar-refractivity contribution is 0.0835. The van der Waals surface area contributed by atoms with E-state index in [-0.39, 0.29) is 11.8 Å². The number of aromatic amines is 1. The number of nitrogens with zero attached hydrogens (tertiary/aromatic N) is 3. The summed E-state index contributed by atoms with van der Waals surface area (Å²) >= 11 is 0. The molecule has 28 heavy (non-hydrogen) atoms. The Kier molecular flexibility index (Phi) is 3.87. The maximum atomic E-state index is 10.7. The van der Waals surface area contributed by atoms with Crippen LogP contribution in [0.15, 0.2) is 16.7 Å². The molecule has 1 aromatic carbocycles. The van der Waals surface area contributed by atoms with E-state index in [9.17, 15) is 5.11 Å². The first-order valence-corrected chi connectivity index (χ1v) is 9.57. The summed E-state index contributed by atoms with van der Waals surface area (Å²) in [4.78, 5) is 12.5. The van der Waals surface area contributed by atoms with Crippen molar-refractivity contribution in [1.29, 1.82) is 0 Å². The summed E-state index contributed by atoms with van der Waals surface area (Å²) in [6.45, 7) is 7.33. The number of hydrogen-bond donors (Lipinski definition) is 2. The Bertz CT molecular complexity index is 1180. The molecule has 7 heteroatoms. The van der Waals surface area contributed by atoms with Crippen LogP contribution >= 0.6 is 0 Å². The van der Waals surface area contributed by atoms with Crippen molar-refractivity contribution in [3.8, 4) is 17.0 Å². The molecule has 4 heterocycles. The largest absolute Gasteiger partial charge is 0.493 e. The molecule has 1 saturated heterocycles. The predicted molar refractivity (Wildman–Crippen MR) is 106 cm³/mol. The Morgan fingerprint density at radius 1 is 1.11 bits per heavy atom. The van der Waals surface area contributed by atoms with Gasteiger partial charge in [-0.25, -0.2) is 4.98 Å². The fraction of sp³-hybridized carbons (Fsp3) is 0.381. The third kappa shape index (κ3) is 2.57. The van der Waals surface area contributed by atoms with Gasteiger partial charge >= 0.3 is 0 Å². The summed E-state index contributed by atoms with van der Waals surface area (Å²) in [5.74, 6) is 1.72. The number of aromatic nitrogens is 4. The lowest BCUT2D eigenvalue weighted by Gasteiger charge is -2.20. The Morgan fingerprint density at radius 3 is 2.61 bits per heavy atom. The average Bonchev–Trinajstić information content (AvgIpc) is 3.21. The summed E-state index contributed by atoms with van der Waals surface area (Å²) in [5.41, 5.74) is 5.59. The molecule has 0 bridgehead atoms. The van der Waals surface area contributed by atoms with Gasteiger partial charge in [0.25, 0.3) is 0 Å². The van der Waals surface area contributed by atoms with Crippen molar-refractivity contribution in [2.24, 2.45) is 0 Å². The second-order valence-corrected chi connectivity index (χ2v) is 7.55. The van der Waals surface area contributed by atoms with Crippen LogP contribution in [0, 0.1) is 20.8 Å². The summed E-state index contributed by atoms with van der Waals surface area (Å²) in [6.07, 6.45) is 1.75. The Balaban J connectivity index is 1.70. The van der Waals surface area contributed by atoms with Gasteiger partial charge in [-0.05, 0) is 56.9 Å². The fourth-order valence-electron chi connectivity index (χ4n) is 4.23. The molecule has 5 rings (SSSR count). The number of benzene rings is 1. The van der Waals surface area contributed by atoms with Crippen LogP contribution in [0.3, 0.4) is 0 Å². The zero-order valence-electron chi connectivity index (χ0n) is 16.2. The van der Waals surface area contributed by atoms with Crippen molar-refractivity contribution < 1.29 is 14.4 Å². The minimum Gasteiger partial charge on any atom is -0.493 e. The van der Waals surface area contributed by atoms with Crippen LogP contribution in [0.2, 0.25) is 0 Å². The average molecular weight is 378 g/mol. The molecule has 0 unspecified atom stereocenters. The van der Waals surface area contributed by atoms with E-state index in [0.717, 1.165) is 51.9 Å². The molecule has 0 spiro atoms. The number of fused-ring (bicyclic) bond motifs is 3. The highest BCUT2D eigenvalue weighted by atomic mass is 16.5. The molecule has 0 saturated carbocycles. The SMILES string of the molecule is Cc1cc2c(cc1-c1c(C)noc1C)[nH]c1nc(C3CCOCC3)nc(O)c12. The highest BCUT2D eigenvalue weighted by Gasteiger charge is 2.23. The van der Waals surface area contributed by atoms with Crippen LogP contribution in [0.1, 0.15) is 41.6 Å². The number of aromatic hydroxyl groups is 1. The van der Waals surface area contributed by atoms with E-state index >= 15 is 0 Å². The second kappa shape index (κ2) is 6.31. The van der Waals surface area contributed by atoms with Gasteiger partial charge in [0, 0.05) is 35.6 Å². The van der Waals surface area contributed by atoms with Crippen molar-refractivity contribution in [2.45, 2.75) is 39.5 Å². The molecule has 1 fully saturated rings. The highest BCUT2D eigenvalue weighted by molar-refractivity contribution is 6.09. The number of rotatable bonds is 2. The Morgan fingerprint density at radius 2 is 1.89 bits per heavy atom. The van der Waals surface area contributed by atoms with Gasteiger partial charge in [-0.3, -0.25) is 0 Å². The minimum absolute atomic E-state index is 0.0298. The van der Waals surface area contributed by atoms with E-state index in [4.69, 9.17) is 14.2 Å². The van der Waals surface area contributed by atoms with Crippen LogP contribution in [0.4, 0.5) is 0 Å². The lowest BCUT2D eigenvalue weighted by Crippen LogP contribution is -2.16. The van der Waals surface area contributed by atoms with Gasteiger partial charge in [0.05, 0.1) is 11.1 Å². The molecular weight excluding hydrogens is 356 g/mol. The summed E-state index contributed by atoms with van der Waals surface area (Å²) in [7, 11) is 0. The van der Waals surface area contributed by atoms with E-state index in [1.54, 1.807) is 0 Å². The molecule has 1 aliphatic heterocycles. The third-order valence-electron chi connectivity index (χ3n) is 5.68. The summed E-state index contributed by atoms with van der Waals surface area (Å²) < 4.78 is 10.8. The second-order valence-electron chi connectivity index (χ2n) is 7.55. The maximum absolute atomic E-state index is 10.7. The summed E-state index contributed by atoms with van der Waals surface area (Å²) in [6, 6.07) is 4.14. The van der Waals surface area contributed by atoms with Gasteiger partial charge in [-0.15, -0.1) is 0 Å². The highest BCUT2D eigenvalue weighted by Crippen LogP contribution is 2.38. The molecule has 144 valence electrons. The molecule has 1 aliphatic rings. The maximum Gasteiger partial charge on any atom is 0.224 e. The van der Waals surface area contributed by atoms with E-state index in [0.29, 0.717) is 30.1 Å². The van der Waals surface area contributed by atoms with E-state index in [2.05, 4.69) is 27.3 Å². The van der Waals surface area contributed by atoms with Crippen LogP contribution < -0.4 is 0 Å². The molecule has 2 N–H and O–H groups in total. The van der Waals surface area contributed by atoms with Gasteiger partial charge in [0.15, 0.2) is 0 Å². The molecule has 4 aromatic rings. The van der Waals surface area contributed by atoms with Crippen molar-refractivity contribution in [3.05, 3.63) is 35.0 Å². The quantitative estimate of drug-likeness (QED) is 0.540. The number of hydrogen-bond acceptors (Lipinski definition) is 6. The zero-order chi connectivity index (χ0) is 19.4.